The zero-order chi connectivity index (χ0) is 11.5. The van der Waals surface area contributed by atoms with E-state index in [1.807, 2.05) is 50.2 Å². The first-order chi connectivity index (χ1) is 7.63. The summed E-state index contributed by atoms with van der Waals surface area (Å²) in [5.41, 5.74) is 3.18. The summed E-state index contributed by atoms with van der Waals surface area (Å²) in [6.45, 7) is 5.99. The first-order valence-electron chi connectivity index (χ1n) is 5.33. The van der Waals surface area contributed by atoms with Gasteiger partial charge >= 0.3 is 0 Å². The maximum Gasteiger partial charge on any atom is 0.131 e. The molecule has 2 aromatic rings. The van der Waals surface area contributed by atoms with E-state index in [2.05, 4.69) is 11.9 Å². The molecular weight excluding hydrogens is 198 g/mol. The van der Waals surface area contributed by atoms with Gasteiger partial charge in [-0.1, -0.05) is 17.7 Å². The molecule has 0 fully saturated rings. The molecule has 0 saturated heterocycles. The van der Waals surface area contributed by atoms with Gasteiger partial charge in [-0.3, -0.25) is 4.98 Å². The first-order valence-corrected chi connectivity index (χ1v) is 5.33. The normalized spacial score (nSPS) is 10.2. The summed E-state index contributed by atoms with van der Waals surface area (Å²) in [5, 5.41) is 0. The van der Waals surface area contributed by atoms with Crippen LogP contribution in [0.5, 0.6) is 11.5 Å². The van der Waals surface area contributed by atoms with E-state index in [0.29, 0.717) is 0 Å². The molecule has 0 unspecified atom stereocenters. The summed E-state index contributed by atoms with van der Waals surface area (Å²) < 4.78 is 5.76. The maximum absolute atomic E-state index is 5.76. The van der Waals surface area contributed by atoms with Crippen molar-refractivity contribution in [2.24, 2.45) is 0 Å². The Morgan fingerprint density at radius 3 is 1.94 bits per heavy atom. The zero-order valence-electron chi connectivity index (χ0n) is 9.82. The third-order valence-electron chi connectivity index (χ3n) is 2.31. The number of nitrogens with zero attached hydrogens (tertiary/aromatic N) is 1. The van der Waals surface area contributed by atoms with E-state index in [-0.39, 0.29) is 0 Å². The number of hydrogen-bond acceptors (Lipinski definition) is 2. The fourth-order valence-corrected chi connectivity index (χ4v) is 1.60. The predicted octanol–water partition coefficient (Wildman–Crippen LogP) is 3.80. The first kappa shape index (κ1) is 10.7. The lowest BCUT2D eigenvalue weighted by Gasteiger charge is -2.07. The van der Waals surface area contributed by atoms with Crippen molar-refractivity contribution < 1.29 is 4.74 Å². The van der Waals surface area contributed by atoms with Crippen molar-refractivity contribution in [3.8, 4) is 11.5 Å². The van der Waals surface area contributed by atoms with Crippen LogP contribution in [0.3, 0.4) is 0 Å². The average molecular weight is 213 g/mol. The van der Waals surface area contributed by atoms with Crippen LogP contribution in [-0.4, -0.2) is 4.98 Å². The predicted molar refractivity (Wildman–Crippen MR) is 65.0 cm³/mol. The van der Waals surface area contributed by atoms with Crippen molar-refractivity contribution in [2.75, 3.05) is 0 Å². The minimum absolute atomic E-state index is 0.842. The van der Waals surface area contributed by atoms with E-state index in [0.717, 1.165) is 22.9 Å². The van der Waals surface area contributed by atoms with E-state index in [1.165, 1.54) is 5.56 Å². The Kier molecular flexibility index (Phi) is 2.91. The minimum Gasteiger partial charge on any atom is -0.457 e. The van der Waals surface area contributed by atoms with Gasteiger partial charge in [0.2, 0.25) is 0 Å². The fourth-order valence-electron chi connectivity index (χ4n) is 1.60. The molecule has 0 spiro atoms. The van der Waals surface area contributed by atoms with Gasteiger partial charge in [0.25, 0.3) is 0 Å². The Morgan fingerprint density at radius 2 is 1.38 bits per heavy atom. The molecule has 1 aromatic heterocycles. The summed E-state index contributed by atoms with van der Waals surface area (Å²) in [6.07, 6.45) is 0. The highest BCUT2D eigenvalue weighted by molar-refractivity contribution is 5.34. The molecule has 0 saturated carbocycles. The second-order valence-corrected chi connectivity index (χ2v) is 4.00. The SMILES string of the molecule is Cc1ccc(Oc2cc(C)nc(C)c2)cc1. The lowest BCUT2D eigenvalue weighted by Crippen LogP contribution is -1.90. The number of aromatic nitrogens is 1. The molecule has 0 aliphatic heterocycles. The minimum atomic E-state index is 0.842. The van der Waals surface area contributed by atoms with Crippen molar-refractivity contribution in [3.05, 3.63) is 53.3 Å². The highest BCUT2D eigenvalue weighted by atomic mass is 16.5. The van der Waals surface area contributed by atoms with Crippen molar-refractivity contribution in [1.82, 2.24) is 4.98 Å². The summed E-state index contributed by atoms with van der Waals surface area (Å²) in [6, 6.07) is 11.9. The number of pyridine rings is 1. The summed E-state index contributed by atoms with van der Waals surface area (Å²) in [4.78, 5) is 4.31. The summed E-state index contributed by atoms with van der Waals surface area (Å²) >= 11 is 0. The Balaban J connectivity index is 2.23. The van der Waals surface area contributed by atoms with Crippen molar-refractivity contribution in [2.45, 2.75) is 20.8 Å². The highest BCUT2D eigenvalue weighted by Crippen LogP contribution is 2.22. The molecule has 1 aromatic carbocycles. The Bertz CT molecular complexity index is 468. The standard InChI is InChI=1S/C14H15NO/c1-10-4-6-13(7-5-10)16-14-8-11(2)15-12(3)9-14/h4-9H,1-3H3. The lowest BCUT2D eigenvalue weighted by molar-refractivity contribution is 0.480. The van der Waals surface area contributed by atoms with Gasteiger partial charge in [-0.05, 0) is 32.9 Å². The Labute approximate surface area is 95.9 Å². The molecular formula is C14H15NO. The van der Waals surface area contributed by atoms with Crippen molar-refractivity contribution >= 4 is 0 Å². The second-order valence-electron chi connectivity index (χ2n) is 4.00. The van der Waals surface area contributed by atoms with Gasteiger partial charge in [-0.25, -0.2) is 0 Å². The van der Waals surface area contributed by atoms with Crippen LogP contribution in [-0.2, 0) is 0 Å². The van der Waals surface area contributed by atoms with Gasteiger partial charge in [0.15, 0.2) is 0 Å². The third kappa shape index (κ3) is 2.60. The van der Waals surface area contributed by atoms with E-state index >= 15 is 0 Å². The maximum atomic E-state index is 5.76. The number of hydrogen-bond donors (Lipinski definition) is 0. The van der Waals surface area contributed by atoms with Crippen LogP contribution in [0.2, 0.25) is 0 Å². The van der Waals surface area contributed by atoms with Crippen molar-refractivity contribution in [1.29, 1.82) is 0 Å². The van der Waals surface area contributed by atoms with Gasteiger partial charge in [0, 0.05) is 23.5 Å². The lowest BCUT2D eigenvalue weighted by atomic mass is 10.2. The molecule has 16 heavy (non-hydrogen) atoms. The van der Waals surface area contributed by atoms with Crippen LogP contribution in [0, 0.1) is 20.8 Å². The van der Waals surface area contributed by atoms with Gasteiger partial charge < -0.3 is 4.74 Å². The van der Waals surface area contributed by atoms with E-state index < -0.39 is 0 Å². The third-order valence-corrected chi connectivity index (χ3v) is 2.31. The van der Waals surface area contributed by atoms with Crippen LogP contribution in [0.25, 0.3) is 0 Å². The molecule has 0 amide bonds. The molecule has 2 rings (SSSR count). The molecule has 1 heterocycles. The smallest absolute Gasteiger partial charge is 0.131 e. The number of rotatable bonds is 2. The van der Waals surface area contributed by atoms with Crippen LogP contribution in [0.1, 0.15) is 17.0 Å². The van der Waals surface area contributed by atoms with Crippen LogP contribution < -0.4 is 4.74 Å². The number of aryl methyl sites for hydroxylation is 3. The van der Waals surface area contributed by atoms with Crippen LogP contribution in [0.4, 0.5) is 0 Å². The monoisotopic (exact) mass is 213 g/mol. The van der Waals surface area contributed by atoms with Gasteiger partial charge in [-0.2, -0.15) is 0 Å². The van der Waals surface area contributed by atoms with Crippen molar-refractivity contribution in [3.63, 3.8) is 0 Å². The summed E-state index contributed by atoms with van der Waals surface area (Å²) in [5.74, 6) is 1.70. The van der Waals surface area contributed by atoms with E-state index in [4.69, 9.17) is 4.74 Å². The van der Waals surface area contributed by atoms with Crippen LogP contribution in [0.15, 0.2) is 36.4 Å². The molecule has 0 radical (unpaired) electrons. The number of ether oxygens (including phenoxy) is 1. The highest BCUT2D eigenvalue weighted by Gasteiger charge is 1.99. The molecule has 0 bridgehead atoms. The van der Waals surface area contributed by atoms with Gasteiger partial charge in [-0.15, -0.1) is 0 Å². The topological polar surface area (TPSA) is 22.1 Å². The Morgan fingerprint density at radius 1 is 0.812 bits per heavy atom. The molecule has 2 heteroatoms. The average Bonchev–Trinajstić information content (AvgIpc) is 2.20. The summed E-state index contributed by atoms with van der Waals surface area (Å²) in [7, 11) is 0. The van der Waals surface area contributed by atoms with E-state index in [9.17, 15) is 0 Å². The number of benzene rings is 1. The molecule has 0 atom stereocenters. The van der Waals surface area contributed by atoms with Gasteiger partial charge in [0.1, 0.15) is 11.5 Å². The molecule has 0 aliphatic carbocycles. The Hall–Kier alpha value is -1.83. The quantitative estimate of drug-likeness (QED) is 0.757. The zero-order valence-corrected chi connectivity index (χ0v) is 9.82. The molecule has 0 N–H and O–H groups in total. The second kappa shape index (κ2) is 4.35. The molecule has 82 valence electrons. The largest absolute Gasteiger partial charge is 0.457 e. The van der Waals surface area contributed by atoms with Gasteiger partial charge in [0.05, 0.1) is 0 Å². The van der Waals surface area contributed by atoms with E-state index in [1.54, 1.807) is 0 Å². The molecule has 0 aliphatic rings. The van der Waals surface area contributed by atoms with Crippen LogP contribution >= 0.6 is 0 Å². The fraction of sp³-hybridized carbons (Fsp3) is 0.214. The molecule has 2 nitrogen and oxygen atoms in total.